The summed E-state index contributed by atoms with van der Waals surface area (Å²) >= 11 is 0. The number of carbonyl (C=O) groups is 1. The number of anilines is 1. The Morgan fingerprint density at radius 3 is 2.34 bits per heavy atom. The van der Waals surface area contributed by atoms with E-state index in [9.17, 15) is 17.6 Å². The van der Waals surface area contributed by atoms with Crippen molar-refractivity contribution in [2.75, 3.05) is 24.7 Å². The molecule has 12 heteroatoms. The van der Waals surface area contributed by atoms with E-state index in [-0.39, 0.29) is 22.7 Å². The van der Waals surface area contributed by atoms with Gasteiger partial charge in [-0.1, -0.05) is 48.5 Å². The van der Waals surface area contributed by atoms with E-state index >= 15 is 0 Å². The molecule has 0 spiro atoms. The van der Waals surface area contributed by atoms with E-state index in [1.165, 1.54) is 43.5 Å². The summed E-state index contributed by atoms with van der Waals surface area (Å²) in [5.41, 5.74) is 10.2. The molecule has 0 unspecified atom stereocenters. The Morgan fingerprint density at radius 2 is 1.68 bits per heavy atom. The largest absolute Gasteiger partial charge is 0.455 e. The highest BCUT2D eigenvalue weighted by atomic mass is 32.2. The van der Waals surface area contributed by atoms with Crippen LogP contribution in [0.2, 0.25) is 0 Å². The Hall–Kier alpha value is -5.20. The topological polar surface area (TPSA) is 147 Å². The lowest BCUT2D eigenvalue weighted by Crippen LogP contribution is -2.29. The predicted octanol–water partition coefficient (Wildman–Crippen LogP) is 4.66. The fourth-order valence-corrected chi connectivity index (χ4v) is 5.31. The Balaban J connectivity index is 1.66. The number of fused-ring (bicyclic) bond motifs is 1. The van der Waals surface area contributed by atoms with Gasteiger partial charge >= 0.3 is 0 Å². The highest BCUT2D eigenvalue weighted by Gasteiger charge is 2.26. The summed E-state index contributed by atoms with van der Waals surface area (Å²) in [5.74, 6) is 5.61. The number of amides is 1. The summed E-state index contributed by atoms with van der Waals surface area (Å²) in [6, 6.07) is 25.5. The molecule has 5 aromatic rings. The molecule has 44 heavy (non-hydrogen) atoms. The van der Waals surface area contributed by atoms with Crippen molar-refractivity contribution in [3.05, 3.63) is 114 Å². The number of benzene rings is 4. The number of halogens is 1. The van der Waals surface area contributed by atoms with Crippen molar-refractivity contribution < 1.29 is 22.0 Å². The molecular weight excluding hydrogens is 583 g/mol. The monoisotopic (exact) mass is 614 g/mol. The lowest BCUT2D eigenvalue weighted by Gasteiger charge is -2.21. The van der Waals surface area contributed by atoms with E-state index in [4.69, 9.17) is 16.0 Å². The number of carbonyl (C=O) groups excluding carboxylic acids is 1. The molecule has 0 fully saturated rings. The first-order valence-electron chi connectivity index (χ1n) is 13.5. The van der Waals surface area contributed by atoms with Crippen molar-refractivity contribution in [1.82, 2.24) is 10.4 Å². The number of hydrogen-bond donors (Lipinski definition) is 3. The second-order valence-electron chi connectivity index (χ2n) is 10.1. The second kappa shape index (κ2) is 12.2. The van der Waals surface area contributed by atoms with Crippen LogP contribution in [0.4, 0.5) is 10.1 Å². The normalized spacial score (nSPS) is 11.9. The third-order valence-corrected chi connectivity index (χ3v) is 8.29. The summed E-state index contributed by atoms with van der Waals surface area (Å²) in [6.07, 6.45) is 1.09. The summed E-state index contributed by atoms with van der Waals surface area (Å²) in [5, 5.41) is 8.63. The molecule has 0 aliphatic carbocycles. The average molecular weight is 615 g/mol. The van der Waals surface area contributed by atoms with Gasteiger partial charge in [-0.3, -0.25) is 9.10 Å². The maximum Gasteiger partial charge on any atom is 0.255 e. The highest BCUT2D eigenvalue weighted by molar-refractivity contribution is 7.92. The van der Waals surface area contributed by atoms with E-state index in [0.29, 0.717) is 39.9 Å². The van der Waals surface area contributed by atoms with Crippen LogP contribution in [-0.4, -0.2) is 45.6 Å². The van der Waals surface area contributed by atoms with Gasteiger partial charge in [0.2, 0.25) is 10.0 Å². The number of nitrogens with one attached hydrogen (secondary N) is 1. The van der Waals surface area contributed by atoms with Crippen LogP contribution in [0.1, 0.15) is 21.5 Å². The molecule has 0 radical (unpaired) electrons. The maximum absolute atomic E-state index is 13.7. The van der Waals surface area contributed by atoms with Crippen molar-refractivity contribution in [3.8, 4) is 22.5 Å². The molecule has 226 valence electrons. The number of hydrazone groups is 1. The molecule has 1 heterocycles. The lowest BCUT2D eigenvalue weighted by molar-refractivity contribution is 0.0964. The van der Waals surface area contributed by atoms with E-state index in [2.05, 4.69) is 10.4 Å². The number of hydrogen-bond acceptors (Lipinski definition) is 7. The van der Waals surface area contributed by atoms with Gasteiger partial charge in [-0.05, 0) is 47.5 Å². The molecule has 0 aliphatic rings. The zero-order valence-electron chi connectivity index (χ0n) is 24.3. The first kappa shape index (κ1) is 30.3. The first-order valence-corrected chi connectivity index (χ1v) is 15.3. The minimum absolute atomic E-state index is 0.150. The highest BCUT2D eigenvalue weighted by Crippen LogP contribution is 2.41. The van der Waals surface area contributed by atoms with E-state index in [0.717, 1.165) is 16.1 Å². The summed E-state index contributed by atoms with van der Waals surface area (Å²) in [6.45, 7) is 0.334. The summed E-state index contributed by atoms with van der Waals surface area (Å²) < 4.78 is 46.4. The Morgan fingerprint density at radius 1 is 0.977 bits per heavy atom. The van der Waals surface area contributed by atoms with Crippen LogP contribution in [0.5, 0.6) is 0 Å². The van der Waals surface area contributed by atoms with Crippen molar-refractivity contribution >= 4 is 38.4 Å². The second-order valence-corrected chi connectivity index (χ2v) is 12.2. The molecular formula is C32H31FN6O4S. The van der Waals surface area contributed by atoms with E-state index < -0.39 is 21.7 Å². The van der Waals surface area contributed by atoms with Gasteiger partial charge in [0.15, 0.2) is 5.84 Å². The number of rotatable bonds is 9. The number of furan rings is 1. The van der Waals surface area contributed by atoms with Gasteiger partial charge in [0.25, 0.3) is 5.91 Å². The van der Waals surface area contributed by atoms with Crippen LogP contribution in [0.3, 0.4) is 0 Å². The molecule has 0 atom stereocenters. The van der Waals surface area contributed by atoms with E-state index in [1.54, 1.807) is 36.4 Å². The smallest absolute Gasteiger partial charge is 0.255 e. The summed E-state index contributed by atoms with van der Waals surface area (Å²) in [4.78, 5) is 13.2. The number of nitrogens with two attached hydrogens (primary N) is 2. The first-order chi connectivity index (χ1) is 21.0. The number of sulfonamides is 1. The van der Waals surface area contributed by atoms with Crippen LogP contribution in [0, 0.1) is 5.82 Å². The van der Waals surface area contributed by atoms with Gasteiger partial charge in [0.1, 0.15) is 17.2 Å². The van der Waals surface area contributed by atoms with Gasteiger partial charge < -0.3 is 15.5 Å². The van der Waals surface area contributed by atoms with Gasteiger partial charge in [0, 0.05) is 42.2 Å². The maximum atomic E-state index is 13.7. The minimum Gasteiger partial charge on any atom is -0.455 e. The van der Waals surface area contributed by atoms with Crippen LogP contribution in [0.15, 0.2) is 101 Å². The molecule has 4 aromatic carbocycles. The van der Waals surface area contributed by atoms with Crippen LogP contribution in [0.25, 0.3) is 33.4 Å². The third kappa shape index (κ3) is 6.26. The van der Waals surface area contributed by atoms with Gasteiger partial charge in [-0.25, -0.2) is 23.8 Å². The average Bonchev–Trinajstić information content (AvgIpc) is 3.38. The molecule has 0 saturated heterocycles. The fraction of sp³-hybridized carbons (Fsp3) is 0.125. The van der Waals surface area contributed by atoms with E-state index in [1.807, 2.05) is 30.3 Å². The zero-order chi connectivity index (χ0) is 31.6. The molecule has 5 N–H and O–H groups in total. The molecule has 0 bridgehead atoms. The molecule has 0 saturated carbocycles. The van der Waals surface area contributed by atoms with Crippen LogP contribution in [-0.2, 0) is 16.6 Å². The standard InChI is InChI=1S/C32H31FN6O4S/c1-36-32(40)29-26-17-25(22-10-7-11-23(16-22)31(34)37-39(35)19-20-8-5-4-6-9-20)27(38(2)44(3,41)42)18-28(26)43-30(29)21-12-14-24(33)15-13-21/h4-18H,19,35H2,1-3H3,(H2,34,37)(H,36,40). The van der Waals surface area contributed by atoms with Crippen molar-refractivity contribution in [2.24, 2.45) is 16.7 Å². The minimum atomic E-state index is -3.71. The SMILES string of the molecule is CNC(=O)c1c(-c2ccc(F)cc2)oc2cc(N(C)S(C)(=O)=O)c(-c3cccc(/C(N)=N/N(N)Cc4ccccc4)c3)cc12. The quantitative estimate of drug-likeness (QED) is 0.0947. The summed E-state index contributed by atoms with van der Waals surface area (Å²) in [7, 11) is -0.787. The lowest BCUT2D eigenvalue weighted by atomic mass is 9.97. The fourth-order valence-electron chi connectivity index (χ4n) is 4.81. The van der Waals surface area contributed by atoms with Gasteiger partial charge in [0.05, 0.1) is 24.1 Å². The third-order valence-electron chi connectivity index (χ3n) is 7.10. The molecule has 5 rings (SSSR count). The van der Waals surface area contributed by atoms with Gasteiger partial charge in [-0.15, -0.1) is 5.10 Å². The van der Waals surface area contributed by atoms with Gasteiger partial charge in [-0.2, -0.15) is 0 Å². The molecule has 1 aromatic heterocycles. The van der Waals surface area contributed by atoms with Crippen molar-refractivity contribution in [2.45, 2.75) is 6.54 Å². The number of nitrogens with zero attached hydrogens (tertiary/aromatic N) is 3. The Kier molecular flexibility index (Phi) is 8.39. The molecule has 10 nitrogen and oxygen atoms in total. The van der Waals surface area contributed by atoms with Crippen molar-refractivity contribution in [1.29, 1.82) is 0 Å². The zero-order valence-corrected chi connectivity index (χ0v) is 25.1. The molecule has 1 amide bonds. The van der Waals surface area contributed by atoms with Crippen LogP contribution >= 0.6 is 0 Å². The van der Waals surface area contributed by atoms with Crippen molar-refractivity contribution in [3.63, 3.8) is 0 Å². The number of hydrazine groups is 1. The van der Waals surface area contributed by atoms with Crippen LogP contribution < -0.4 is 21.2 Å². The Labute approximate surface area is 254 Å². The Bertz CT molecular complexity index is 1980. The molecule has 0 aliphatic heterocycles. The number of amidine groups is 1. The predicted molar refractivity (Wildman–Crippen MR) is 171 cm³/mol.